The van der Waals surface area contributed by atoms with Gasteiger partial charge in [0.15, 0.2) is 0 Å². The SMILES string of the molecule is CCc1ccc2c(c1)c(-c1ccc[nH]c1=O)c(C(=O)NS(C)(=O)=O)n2Cc1ccc(C)cc1C. The lowest BCUT2D eigenvalue weighted by Gasteiger charge is -2.14. The summed E-state index contributed by atoms with van der Waals surface area (Å²) in [6.45, 7) is 6.38. The van der Waals surface area contributed by atoms with Gasteiger partial charge in [0.1, 0.15) is 5.69 Å². The number of sulfonamides is 1. The van der Waals surface area contributed by atoms with E-state index in [4.69, 9.17) is 0 Å². The molecule has 0 fully saturated rings. The normalized spacial score (nSPS) is 11.6. The van der Waals surface area contributed by atoms with Crippen molar-refractivity contribution in [1.29, 1.82) is 0 Å². The van der Waals surface area contributed by atoms with Crippen LogP contribution >= 0.6 is 0 Å². The van der Waals surface area contributed by atoms with Gasteiger partial charge in [0.05, 0.1) is 6.26 Å². The first-order valence-corrected chi connectivity index (χ1v) is 12.9. The summed E-state index contributed by atoms with van der Waals surface area (Å²) in [5.41, 5.74) is 5.45. The molecular formula is C26H27N3O4S. The molecule has 176 valence electrons. The zero-order chi connectivity index (χ0) is 24.6. The maximum absolute atomic E-state index is 13.4. The van der Waals surface area contributed by atoms with Crippen molar-refractivity contribution in [1.82, 2.24) is 14.3 Å². The summed E-state index contributed by atoms with van der Waals surface area (Å²) in [6.07, 6.45) is 3.23. The third kappa shape index (κ3) is 4.54. The monoisotopic (exact) mass is 477 g/mol. The van der Waals surface area contributed by atoms with Crippen LogP contribution in [0.5, 0.6) is 0 Å². The molecule has 0 spiro atoms. The Morgan fingerprint density at radius 1 is 1.09 bits per heavy atom. The standard InChI is InChI=1S/C26H27N3O4S/c1-5-18-9-11-22-21(14-18)23(20-7-6-12-27-25(20)30)24(26(31)28-34(4,32)33)29(22)15-19-10-8-16(2)13-17(19)3/h6-14H,5,15H2,1-4H3,(H,27,30)(H,28,31). The molecular weight excluding hydrogens is 450 g/mol. The summed E-state index contributed by atoms with van der Waals surface area (Å²) in [6, 6.07) is 15.3. The van der Waals surface area contributed by atoms with Gasteiger partial charge in [-0.2, -0.15) is 0 Å². The fourth-order valence-corrected chi connectivity index (χ4v) is 4.76. The fourth-order valence-electron chi connectivity index (χ4n) is 4.32. The summed E-state index contributed by atoms with van der Waals surface area (Å²) < 4.78 is 27.9. The minimum atomic E-state index is -3.83. The quantitative estimate of drug-likeness (QED) is 0.440. The number of nitrogens with one attached hydrogen (secondary N) is 2. The molecule has 7 nitrogen and oxygen atoms in total. The number of aryl methyl sites for hydroxylation is 3. The van der Waals surface area contributed by atoms with Gasteiger partial charge in [0.2, 0.25) is 10.0 Å². The third-order valence-electron chi connectivity index (χ3n) is 5.94. The molecule has 0 aliphatic rings. The molecule has 0 bridgehead atoms. The molecule has 4 aromatic rings. The van der Waals surface area contributed by atoms with Crippen LogP contribution in [0, 0.1) is 13.8 Å². The minimum absolute atomic E-state index is 0.130. The molecule has 34 heavy (non-hydrogen) atoms. The predicted molar refractivity (Wildman–Crippen MR) is 135 cm³/mol. The lowest BCUT2D eigenvalue weighted by molar-refractivity contribution is 0.0974. The fraction of sp³-hybridized carbons (Fsp3) is 0.231. The summed E-state index contributed by atoms with van der Waals surface area (Å²) >= 11 is 0. The average Bonchev–Trinajstić information content (AvgIpc) is 3.08. The number of amides is 1. The van der Waals surface area contributed by atoms with Crippen molar-refractivity contribution in [3.63, 3.8) is 0 Å². The molecule has 0 aliphatic heterocycles. The van der Waals surface area contributed by atoms with Crippen molar-refractivity contribution >= 4 is 26.8 Å². The van der Waals surface area contributed by atoms with Gasteiger partial charge < -0.3 is 9.55 Å². The van der Waals surface area contributed by atoms with Gasteiger partial charge in [0.25, 0.3) is 11.5 Å². The first kappa shape index (κ1) is 23.5. The van der Waals surface area contributed by atoms with Crippen molar-refractivity contribution in [2.24, 2.45) is 0 Å². The molecule has 2 N–H and O–H groups in total. The number of benzene rings is 2. The molecule has 4 rings (SSSR count). The van der Waals surface area contributed by atoms with E-state index in [1.165, 1.54) is 6.20 Å². The van der Waals surface area contributed by atoms with Crippen LogP contribution in [0.1, 0.15) is 39.7 Å². The molecule has 2 heterocycles. The number of hydrogen-bond donors (Lipinski definition) is 2. The van der Waals surface area contributed by atoms with Crippen LogP contribution in [-0.4, -0.2) is 30.1 Å². The number of rotatable bonds is 6. The zero-order valence-corrected chi connectivity index (χ0v) is 20.4. The number of carbonyl (C=O) groups excluding carboxylic acids is 1. The number of H-pyrrole nitrogens is 1. The van der Waals surface area contributed by atoms with Crippen LogP contribution in [0.15, 0.2) is 59.5 Å². The van der Waals surface area contributed by atoms with Crippen LogP contribution < -0.4 is 10.3 Å². The number of carbonyl (C=O) groups is 1. The predicted octanol–water partition coefficient (Wildman–Crippen LogP) is 3.91. The molecule has 2 aromatic heterocycles. The highest BCUT2D eigenvalue weighted by atomic mass is 32.2. The molecule has 8 heteroatoms. The molecule has 0 atom stereocenters. The van der Waals surface area contributed by atoms with Crippen molar-refractivity contribution < 1.29 is 13.2 Å². The second kappa shape index (κ2) is 8.95. The highest BCUT2D eigenvalue weighted by Crippen LogP contribution is 2.35. The summed E-state index contributed by atoms with van der Waals surface area (Å²) in [5, 5.41) is 0.722. The summed E-state index contributed by atoms with van der Waals surface area (Å²) in [5.74, 6) is -0.778. The van der Waals surface area contributed by atoms with Gasteiger partial charge in [-0.05, 0) is 61.2 Å². The van der Waals surface area contributed by atoms with Gasteiger partial charge in [-0.3, -0.25) is 9.59 Å². The summed E-state index contributed by atoms with van der Waals surface area (Å²) in [4.78, 5) is 28.9. The molecule has 0 aliphatic carbocycles. The number of pyridine rings is 1. The Morgan fingerprint density at radius 3 is 2.50 bits per heavy atom. The number of aromatic nitrogens is 2. The van der Waals surface area contributed by atoms with Crippen molar-refractivity contribution in [3.05, 3.63) is 93.0 Å². The second-order valence-corrected chi connectivity index (χ2v) is 10.3. The van der Waals surface area contributed by atoms with E-state index in [0.29, 0.717) is 17.7 Å². The average molecular weight is 478 g/mol. The van der Waals surface area contributed by atoms with Crippen LogP contribution in [0.3, 0.4) is 0 Å². The van der Waals surface area contributed by atoms with E-state index in [1.54, 1.807) is 16.7 Å². The Morgan fingerprint density at radius 2 is 1.85 bits per heavy atom. The molecule has 0 saturated heterocycles. The third-order valence-corrected chi connectivity index (χ3v) is 6.50. The van der Waals surface area contributed by atoms with Gasteiger partial charge in [-0.25, -0.2) is 13.1 Å². The van der Waals surface area contributed by atoms with Gasteiger partial charge in [-0.1, -0.05) is 36.8 Å². The van der Waals surface area contributed by atoms with Crippen LogP contribution in [0.4, 0.5) is 0 Å². The maximum Gasteiger partial charge on any atom is 0.282 e. The Kier molecular flexibility index (Phi) is 6.18. The highest BCUT2D eigenvalue weighted by Gasteiger charge is 2.27. The largest absolute Gasteiger partial charge is 0.331 e. The second-order valence-electron chi connectivity index (χ2n) is 8.56. The molecule has 2 aromatic carbocycles. The maximum atomic E-state index is 13.4. The van der Waals surface area contributed by atoms with E-state index >= 15 is 0 Å². The van der Waals surface area contributed by atoms with E-state index in [2.05, 4.69) is 15.8 Å². The molecule has 0 saturated carbocycles. The van der Waals surface area contributed by atoms with Gasteiger partial charge in [0, 0.05) is 34.8 Å². The van der Waals surface area contributed by atoms with Gasteiger partial charge in [-0.15, -0.1) is 0 Å². The molecule has 0 unspecified atom stereocenters. The summed E-state index contributed by atoms with van der Waals surface area (Å²) in [7, 11) is -3.83. The van der Waals surface area contributed by atoms with Crippen molar-refractivity contribution in [3.8, 4) is 11.1 Å². The van der Waals surface area contributed by atoms with Crippen LogP contribution in [0.2, 0.25) is 0 Å². The van der Waals surface area contributed by atoms with E-state index in [0.717, 1.165) is 45.8 Å². The van der Waals surface area contributed by atoms with E-state index < -0.39 is 15.9 Å². The van der Waals surface area contributed by atoms with Crippen LogP contribution in [-0.2, 0) is 23.0 Å². The van der Waals surface area contributed by atoms with Crippen molar-refractivity contribution in [2.45, 2.75) is 33.7 Å². The Balaban J connectivity index is 2.10. The Labute approximate surface area is 198 Å². The van der Waals surface area contributed by atoms with E-state index in [9.17, 15) is 18.0 Å². The van der Waals surface area contributed by atoms with E-state index in [-0.39, 0.29) is 11.3 Å². The zero-order valence-electron chi connectivity index (χ0n) is 19.6. The molecule has 1 amide bonds. The number of aromatic amines is 1. The number of nitrogens with zero attached hydrogens (tertiary/aromatic N) is 1. The van der Waals surface area contributed by atoms with Crippen molar-refractivity contribution in [2.75, 3.05) is 6.26 Å². The Bertz CT molecular complexity index is 1580. The lowest BCUT2D eigenvalue weighted by Crippen LogP contribution is -2.32. The highest BCUT2D eigenvalue weighted by molar-refractivity contribution is 7.89. The number of fused-ring (bicyclic) bond motifs is 1. The minimum Gasteiger partial charge on any atom is -0.331 e. The molecule has 0 radical (unpaired) electrons. The first-order chi connectivity index (χ1) is 16.1. The number of hydrogen-bond acceptors (Lipinski definition) is 4. The Hall–Kier alpha value is -3.65. The van der Waals surface area contributed by atoms with E-state index in [1.807, 2.05) is 51.1 Å². The lowest BCUT2D eigenvalue weighted by atomic mass is 10.0. The topological polar surface area (TPSA) is 101 Å². The van der Waals surface area contributed by atoms with Crippen LogP contribution in [0.25, 0.3) is 22.0 Å². The first-order valence-electron chi connectivity index (χ1n) is 11.0. The van der Waals surface area contributed by atoms with Gasteiger partial charge >= 0.3 is 0 Å². The smallest absolute Gasteiger partial charge is 0.282 e.